The van der Waals surface area contributed by atoms with Gasteiger partial charge in [-0.25, -0.2) is 0 Å². The Morgan fingerprint density at radius 2 is 1.80 bits per heavy atom. The van der Waals surface area contributed by atoms with Crippen molar-refractivity contribution in [1.82, 2.24) is 9.47 Å². The molecule has 3 aromatic rings. The van der Waals surface area contributed by atoms with Crippen LogP contribution in [0.2, 0.25) is 0 Å². The molecule has 3 N–H and O–H groups in total. The summed E-state index contributed by atoms with van der Waals surface area (Å²) < 4.78 is 7.99. The third kappa shape index (κ3) is 3.59. The smallest absolute Gasteiger partial charge is 0.248 e. The quantitative estimate of drug-likeness (QED) is 0.465. The zero-order valence-corrected chi connectivity index (χ0v) is 23.7. The molecule has 2 aromatic carbocycles. The molecule has 2 atom stereocenters. The fraction of sp³-hybridized carbons (Fsp3) is 0.515. The molecule has 0 spiro atoms. The molecule has 1 saturated heterocycles. The summed E-state index contributed by atoms with van der Waals surface area (Å²) in [6.07, 6.45) is 6.74. The molecule has 7 heteroatoms. The Morgan fingerprint density at radius 3 is 2.48 bits per heavy atom. The van der Waals surface area contributed by atoms with Crippen LogP contribution in [-0.2, 0) is 11.3 Å². The second kappa shape index (κ2) is 8.84. The van der Waals surface area contributed by atoms with Crippen LogP contribution in [0, 0.1) is 11.3 Å². The van der Waals surface area contributed by atoms with Gasteiger partial charge in [-0.05, 0) is 72.6 Å². The van der Waals surface area contributed by atoms with Crippen LogP contribution < -0.4 is 10.5 Å². The first kappa shape index (κ1) is 25.6. The van der Waals surface area contributed by atoms with Gasteiger partial charge in [0.25, 0.3) is 0 Å². The van der Waals surface area contributed by atoms with Gasteiger partial charge < -0.3 is 25.0 Å². The number of aromatic nitrogens is 1. The van der Waals surface area contributed by atoms with Crippen molar-refractivity contribution in [1.29, 1.82) is 0 Å². The predicted molar refractivity (Wildman–Crippen MR) is 154 cm³/mol. The second-order valence-electron chi connectivity index (χ2n) is 13.1. The number of ether oxygens (including phenoxy) is 1. The van der Waals surface area contributed by atoms with Gasteiger partial charge >= 0.3 is 0 Å². The third-order valence-electron chi connectivity index (χ3n) is 10.5. The maximum atomic E-state index is 14.3. The van der Waals surface area contributed by atoms with Gasteiger partial charge in [0.1, 0.15) is 11.4 Å². The minimum absolute atomic E-state index is 0.0753. The normalized spacial score (nSPS) is 25.0. The number of fused-ring (bicyclic) bond motifs is 7. The van der Waals surface area contributed by atoms with Crippen molar-refractivity contribution < 1.29 is 19.4 Å². The van der Waals surface area contributed by atoms with E-state index in [-0.39, 0.29) is 17.7 Å². The van der Waals surface area contributed by atoms with Gasteiger partial charge in [0.15, 0.2) is 0 Å². The van der Waals surface area contributed by atoms with Crippen LogP contribution in [0.1, 0.15) is 85.7 Å². The first-order valence-electron chi connectivity index (χ1n) is 14.8. The van der Waals surface area contributed by atoms with Crippen LogP contribution in [-0.4, -0.2) is 52.2 Å². The van der Waals surface area contributed by atoms with E-state index in [1.165, 1.54) is 36.1 Å². The SMILES string of the molecule is COc1ccc2c(c1)C1CC1(C(=O)N1CC(O)(C(C)C)C1)Cn1c-2c(C2CCCCC2)c2ccc(C(N)=O)cc21. The average molecular weight is 542 g/mol. The number of hydrogen-bond acceptors (Lipinski definition) is 4. The molecule has 2 unspecified atom stereocenters. The second-order valence-corrected chi connectivity index (χ2v) is 13.1. The van der Waals surface area contributed by atoms with Crippen LogP contribution in [0.15, 0.2) is 36.4 Å². The van der Waals surface area contributed by atoms with Crippen LogP contribution in [0.25, 0.3) is 22.2 Å². The number of amides is 2. The summed E-state index contributed by atoms with van der Waals surface area (Å²) in [5.74, 6) is 1.07. The molecule has 2 aliphatic carbocycles. The Morgan fingerprint density at radius 1 is 1.05 bits per heavy atom. The van der Waals surface area contributed by atoms with Gasteiger partial charge in [-0.15, -0.1) is 0 Å². The van der Waals surface area contributed by atoms with E-state index in [2.05, 4.69) is 22.8 Å². The lowest BCUT2D eigenvalue weighted by molar-refractivity contribution is -0.169. The van der Waals surface area contributed by atoms with Crippen molar-refractivity contribution >= 4 is 22.7 Å². The van der Waals surface area contributed by atoms with Crippen LogP contribution >= 0.6 is 0 Å². The van der Waals surface area contributed by atoms with E-state index < -0.39 is 16.9 Å². The summed E-state index contributed by atoms with van der Waals surface area (Å²) in [6.45, 7) is 5.32. The molecule has 40 heavy (non-hydrogen) atoms. The predicted octanol–water partition coefficient (Wildman–Crippen LogP) is 5.18. The molecule has 2 amide bonds. The largest absolute Gasteiger partial charge is 0.497 e. The number of carbonyl (C=O) groups excluding carboxylic acids is 2. The lowest BCUT2D eigenvalue weighted by Gasteiger charge is -2.50. The minimum Gasteiger partial charge on any atom is -0.497 e. The van der Waals surface area contributed by atoms with E-state index >= 15 is 0 Å². The van der Waals surface area contributed by atoms with Crippen molar-refractivity contribution in [2.75, 3.05) is 20.2 Å². The van der Waals surface area contributed by atoms with E-state index in [9.17, 15) is 14.7 Å². The Labute approximate surface area is 235 Å². The molecule has 7 rings (SSSR count). The summed E-state index contributed by atoms with van der Waals surface area (Å²) in [4.78, 5) is 28.4. The fourth-order valence-electron chi connectivity index (χ4n) is 7.87. The summed E-state index contributed by atoms with van der Waals surface area (Å²) in [5.41, 5.74) is 10.7. The number of methoxy groups -OCH3 is 1. The number of hydrogen-bond donors (Lipinski definition) is 2. The van der Waals surface area contributed by atoms with Crippen molar-refractivity contribution in [3.05, 3.63) is 53.1 Å². The van der Waals surface area contributed by atoms with Gasteiger partial charge in [-0.1, -0.05) is 39.2 Å². The number of primary amides is 1. The monoisotopic (exact) mass is 541 g/mol. The van der Waals surface area contributed by atoms with Crippen molar-refractivity contribution in [2.45, 2.75) is 76.4 Å². The van der Waals surface area contributed by atoms with Crippen molar-refractivity contribution in [3.63, 3.8) is 0 Å². The Kier molecular flexibility index (Phi) is 5.66. The first-order valence-corrected chi connectivity index (χ1v) is 14.8. The Bertz CT molecular complexity index is 1540. The van der Waals surface area contributed by atoms with Crippen molar-refractivity contribution in [3.8, 4) is 17.0 Å². The van der Waals surface area contributed by atoms with Gasteiger partial charge in [0.05, 0.1) is 31.3 Å². The lowest BCUT2D eigenvalue weighted by Crippen LogP contribution is -2.67. The number of nitrogens with two attached hydrogens (primary N) is 1. The highest BCUT2D eigenvalue weighted by Gasteiger charge is 2.65. The molecule has 0 bridgehead atoms. The maximum Gasteiger partial charge on any atom is 0.248 e. The molecular formula is C33H39N3O4. The van der Waals surface area contributed by atoms with E-state index in [1.54, 1.807) is 7.11 Å². The highest BCUT2D eigenvalue weighted by Crippen LogP contribution is 2.66. The van der Waals surface area contributed by atoms with Crippen LogP contribution in [0.4, 0.5) is 0 Å². The molecule has 2 saturated carbocycles. The van der Waals surface area contributed by atoms with E-state index in [0.717, 1.165) is 41.5 Å². The Hall–Kier alpha value is -3.32. The number of nitrogens with zero attached hydrogens (tertiary/aromatic N) is 2. The molecule has 3 fully saturated rings. The van der Waals surface area contributed by atoms with Gasteiger partial charge in [-0.3, -0.25) is 9.59 Å². The number of likely N-dealkylation sites (tertiary alicyclic amines) is 1. The van der Waals surface area contributed by atoms with Gasteiger partial charge in [0.2, 0.25) is 11.8 Å². The number of β-amino-alcohol motifs (C(OH)–C–C–N with tert-alkyl or cyclic N) is 1. The van der Waals surface area contributed by atoms with E-state index in [4.69, 9.17) is 10.5 Å². The number of aliphatic hydroxyl groups is 1. The van der Waals surface area contributed by atoms with Gasteiger partial charge in [-0.2, -0.15) is 0 Å². The lowest BCUT2D eigenvalue weighted by atomic mass is 9.81. The fourth-order valence-corrected chi connectivity index (χ4v) is 7.87. The van der Waals surface area contributed by atoms with E-state index in [1.807, 2.05) is 36.9 Å². The molecule has 7 nitrogen and oxygen atoms in total. The topological polar surface area (TPSA) is 97.8 Å². The van der Waals surface area contributed by atoms with Gasteiger partial charge in [0, 0.05) is 34.5 Å². The highest BCUT2D eigenvalue weighted by molar-refractivity contribution is 6.01. The van der Waals surface area contributed by atoms with Crippen LogP contribution in [0.3, 0.4) is 0 Å². The summed E-state index contributed by atoms with van der Waals surface area (Å²) in [6, 6.07) is 12.2. The summed E-state index contributed by atoms with van der Waals surface area (Å²) >= 11 is 0. The zero-order chi connectivity index (χ0) is 28.0. The number of carbonyl (C=O) groups is 2. The van der Waals surface area contributed by atoms with Crippen molar-refractivity contribution in [2.24, 2.45) is 17.1 Å². The number of benzene rings is 2. The average Bonchev–Trinajstić information content (AvgIpc) is 3.61. The zero-order valence-electron chi connectivity index (χ0n) is 23.7. The Balaban J connectivity index is 1.44. The third-order valence-corrected chi connectivity index (χ3v) is 10.5. The maximum absolute atomic E-state index is 14.3. The molecular weight excluding hydrogens is 502 g/mol. The summed E-state index contributed by atoms with van der Waals surface area (Å²) in [5, 5.41) is 12.1. The number of rotatable bonds is 5. The minimum atomic E-state index is -0.821. The molecule has 1 aromatic heterocycles. The molecule has 2 aliphatic heterocycles. The summed E-state index contributed by atoms with van der Waals surface area (Å²) in [7, 11) is 1.69. The molecule has 210 valence electrons. The van der Waals surface area contributed by atoms with E-state index in [0.29, 0.717) is 31.1 Å². The molecule has 3 heterocycles. The highest BCUT2D eigenvalue weighted by atomic mass is 16.5. The van der Waals surface area contributed by atoms with Crippen LogP contribution in [0.5, 0.6) is 5.75 Å². The first-order chi connectivity index (χ1) is 19.2. The molecule has 4 aliphatic rings. The standard InChI is InChI=1S/C33H39N3O4/c1-19(2)33(39)17-35(18-33)31(38)32-15-26(32)25-14-22(40-3)10-12-23(25)29-28(20-7-5-4-6-8-20)24-11-9-21(30(34)37)13-27(24)36(29)16-32/h9-14,19-20,26,39H,4-8,15-18H2,1-3H3,(H2,34,37). The molecule has 0 radical (unpaired) electrons.